The van der Waals surface area contributed by atoms with E-state index in [1.165, 1.54) is 7.11 Å². The van der Waals surface area contributed by atoms with Gasteiger partial charge in [0.15, 0.2) is 0 Å². The summed E-state index contributed by atoms with van der Waals surface area (Å²) >= 11 is 0. The van der Waals surface area contributed by atoms with E-state index in [1.807, 2.05) is 38.1 Å². The maximum absolute atomic E-state index is 13.9. The molecule has 2 aliphatic rings. The highest BCUT2D eigenvalue weighted by atomic mass is 19.4. The summed E-state index contributed by atoms with van der Waals surface area (Å²) in [6.45, 7) is 4.49. The van der Waals surface area contributed by atoms with E-state index in [2.05, 4.69) is 10.3 Å². The van der Waals surface area contributed by atoms with Gasteiger partial charge in [-0.25, -0.2) is 13.8 Å². The van der Waals surface area contributed by atoms with Crippen molar-refractivity contribution >= 4 is 5.91 Å². The van der Waals surface area contributed by atoms with Gasteiger partial charge in [-0.3, -0.25) is 4.79 Å². The Bertz CT molecular complexity index is 1120. The second-order valence-electron chi connectivity index (χ2n) is 10.2. The molecule has 1 aromatic carbocycles. The molecule has 202 valence electrons. The Morgan fingerprint density at radius 1 is 1.24 bits per heavy atom. The Labute approximate surface area is 213 Å². The van der Waals surface area contributed by atoms with Crippen LogP contribution in [-0.2, 0) is 17.5 Å². The number of amides is 1. The monoisotopic (exact) mass is 525 g/mol. The predicted molar refractivity (Wildman–Crippen MR) is 128 cm³/mol. The largest absolute Gasteiger partial charge is 0.481 e. The van der Waals surface area contributed by atoms with Crippen LogP contribution in [-0.4, -0.2) is 41.4 Å². The maximum Gasteiger partial charge on any atom is 0.417 e. The summed E-state index contributed by atoms with van der Waals surface area (Å²) in [5, 5.41) is 3.33. The van der Waals surface area contributed by atoms with Gasteiger partial charge < -0.3 is 15.0 Å². The van der Waals surface area contributed by atoms with Crippen molar-refractivity contribution in [1.29, 1.82) is 0 Å². The number of rotatable bonds is 7. The van der Waals surface area contributed by atoms with Gasteiger partial charge in [0, 0.05) is 49.7 Å². The van der Waals surface area contributed by atoms with E-state index in [4.69, 9.17) is 4.74 Å². The fourth-order valence-electron chi connectivity index (χ4n) is 5.54. The number of hydrogen-bond donors (Lipinski definition) is 1. The van der Waals surface area contributed by atoms with Crippen LogP contribution in [0.4, 0.5) is 22.0 Å². The minimum atomic E-state index is -4.55. The zero-order chi connectivity index (χ0) is 27.0. The second kappa shape index (κ2) is 10.6. The Balaban J connectivity index is 1.64. The van der Waals surface area contributed by atoms with E-state index < -0.39 is 36.0 Å². The van der Waals surface area contributed by atoms with E-state index >= 15 is 0 Å². The molecule has 0 radical (unpaired) electrons. The number of aromatic nitrogens is 1. The molecular weight excluding hydrogens is 493 g/mol. The summed E-state index contributed by atoms with van der Waals surface area (Å²) in [4.78, 5) is 19.0. The lowest BCUT2D eigenvalue weighted by Gasteiger charge is -2.33. The maximum atomic E-state index is 13.9. The van der Waals surface area contributed by atoms with Crippen LogP contribution in [0.1, 0.15) is 73.7 Å². The van der Waals surface area contributed by atoms with Gasteiger partial charge in [0.05, 0.1) is 18.7 Å². The molecule has 4 rings (SSSR count). The van der Waals surface area contributed by atoms with Crippen LogP contribution >= 0.6 is 0 Å². The average Bonchev–Trinajstić information content (AvgIpc) is 3.44. The number of benzene rings is 1. The fraction of sp³-hybridized carbons (Fsp3) is 0.556. The van der Waals surface area contributed by atoms with Crippen LogP contribution in [0.2, 0.25) is 0 Å². The van der Waals surface area contributed by atoms with Gasteiger partial charge in [0.1, 0.15) is 0 Å². The van der Waals surface area contributed by atoms with Gasteiger partial charge in [-0.1, -0.05) is 38.1 Å². The van der Waals surface area contributed by atoms with Crippen LogP contribution in [0, 0.1) is 5.92 Å². The van der Waals surface area contributed by atoms with Gasteiger partial charge in [-0.05, 0) is 36.0 Å². The predicted octanol–water partition coefficient (Wildman–Crippen LogP) is 6.10. The molecule has 2 aromatic rings. The van der Waals surface area contributed by atoms with E-state index in [1.54, 1.807) is 4.90 Å². The Hall–Kier alpha value is -2.75. The molecule has 5 nitrogen and oxygen atoms in total. The molecule has 1 aliphatic heterocycles. The lowest BCUT2D eigenvalue weighted by molar-refractivity contribution is -0.138. The quantitative estimate of drug-likeness (QED) is 0.444. The Morgan fingerprint density at radius 2 is 1.97 bits per heavy atom. The topological polar surface area (TPSA) is 54.5 Å². The number of hydrogen-bond acceptors (Lipinski definition) is 4. The number of halogens is 5. The average molecular weight is 526 g/mol. The van der Waals surface area contributed by atoms with Crippen LogP contribution in [0.15, 0.2) is 36.5 Å². The van der Waals surface area contributed by atoms with Crippen LogP contribution < -0.4 is 10.1 Å². The summed E-state index contributed by atoms with van der Waals surface area (Å²) < 4.78 is 72.9. The van der Waals surface area contributed by atoms with Gasteiger partial charge in [0.2, 0.25) is 17.7 Å². The molecule has 1 saturated carbocycles. The minimum Gasteiger partial charge on any atom is -0.481 e. The molecule has 1 saturated heterocycles. The zero-order valence-electron chi connectivity index (χ0n) is 21.1. The molecule has 1 aliphatic carbocycles. The SMILES string of the molecule is COc1ncc(C(F)(F)F)cc1CNC1CCN(C(=O)C2CCC(F)(F)C2)C1c1ccccc1C(C)C. The number of carbonyl (C=O) groups is 1. The van der Waals surface area contributed by atoms with Crippen LogP contribution in [0.3, 0.4) is 0 Å². The van der Waals surface area contributed by atoms with E-state index in [9.17, 15) is 26.7 Å². The van der Waals surface area contributed by atoms with Crippen molar-refractivity contribution in [3.63, 3.8) is 0 Å². The normalized spacial score (nSPS) is 23.6. The fourth-order valence-corrected chi connectivity index (χ4v) is 5.54. The molecule has 3 unspecified atom stereocenters. The number of nitrogens with one attached hydrogen (secondary N) is 1. The van der Waals surface area contributed by atoms with Crippen molar-refractivity contribution in [3.05, 3.63) is 58.8 Å². The van der Waals surface area contributed by atoms with Crippen LogP contribution in [0.5, 0.6) is 5.88 Å². The molecule has 3 atom stereocenters. The van der Waals surface area contributed by atoms with Gasteiger partial charge >= 0.3 is 6.18 Å². The van der Waals surface area contributed by atoms with Gasteiger partial charge in [0.25, 0.3) is 0 Å². The molecule has 2 fully saturated rings. The number of ether oxygens (including phenoxy) is 1. The molecule has 10 heteroatoms. The third kappa shape index (κ3) is 5.89. The minimum absolute atomic E-state index is 0.0363. The molecule has 37 heavy (non-hydrogen) atoms. The lowest BCUT2D eigenvalue weighted by Crippen LogP contribution is -2.41. The molecule has 1 aromatic heterocycles. The summed E-state index contributed by atoms with van der Waals surface area (Å²) in [7, 11) is 1.34. The second-order valence-corrected chi connectivity index (χ2v) is 10.2. The van der Waals surface area contributed by atoms with Gasteiger partial charge in [-0.15, -0.1) is 0 Å². The highest BCUT2D eigenvalue weighted by Gasteiger charge is 2.47. The van der Waals surface area contributed by atoms with Crippen molar-refractivity contribution < 1.29 is 31.5 Å². The smallest absolute Gasteiger partial charge is 0.417 e. The highest BCUT2D eigenvalue weighted by Crippen LogP contribution is 2.43. The van der Waals surface area contributed by atoms with Crippen molar-refractivity contribution in [1.82, 2.24) is 15.2 Å². The van der Waals surface area contributed by atoms with E-state index in [0.717, 1.165) is 23.4 Å². The number of carbonyl (C=O) groups excluding carboxylic acids is 1. The van der Waals surface area contributed by atoms with Crippen molar-refractivity contribution in [3.8, 4) is 5.88 Å². The lowest BCUT2D eigenvalue weighted by atomic mass is 9.89. The molecule has 0 spiro atoms. The van der Waals surface area contributed by atoms with E-state index in [-0.39, 0.29) is 48.7 Å². The summed E-state index contributed by atoms with van der Waals surface area (Å²) in [5.74, 6) is -3.63. The Kier molecular flexibility index (Phi) is 7.78. The molecule has 2 heterocycles. The number of nitrogens with zero attached hydrogens (tertiary/aromatic N) is 2. The standard InChI is InChI=1S/C27H32F5N3O2/c1-16(2)20-6-4-5-7-21(20)23-22(9-11-35(23)25(36)17-8-10-26(28,29)13-17)33-14-18-12-19(27(30,31)32)15-34-24(18)37-3/h4-7,12,15-17,22-23,33H,8-11,13-14H2,1-3H3. The van der Waals surface area contributed by atoms with Crippen molar-refractivity contribution in [2.24, 2.45) is 5.92 Å². The first kappa shape index (κ1) is 27.3. The van der Waals surface area contributed by atoms with Crippen molar-refractivity contribution in [2.75, 3.05) is 13.7 Å². The third-order valence-electron chi connectivity index (χ3n) is 7.37. The number of likely N-dealkylation sites (tertiary alicyclic amines) is 1. The first-order valence-electron chi connectivity index (χ1n) is 12.5. The summed E-state index contributed by atoms with van der Waals surface area (Å²) in [6, 6.07) is 7.99. The van der Waals surface area contributed by atoms with E-state index in [0.29, 0.717) is 13.0 Å². The molecule has 0 bridgehead atoms. The first-order valence-corrected chi connectivity index (χ1v) is 12.5. The number of pyridine rings is 1. The summed E-state index contributed by atoms with van der Waals surface area (Å²) in [6.07, 6.45) is -3.89. The summed E-state index contributed by atoms with van der Waals surface area (Å²) in [5.41, 5.74) is 1.32. The Morgan fingerprint density at radius 3 is 2.59 bits per heavy atom. The van der Waals surface area contributed by atoms with Crippen LogP contribution in [0.25, 0.3) is 0 Å². The number of methoxy groups -OCH3 is 1. The first-order chi connectivity index (χ1) is 17.4. The highest BCUT2D eigenvalue weighted by molar-refractivity contribution is 5.80. The van der Waals surface area contributed by atoms with Gasteiger partial charge in [-0.2, -0.15) is 13.2 Å². The van der Waals surface area contributed by atoms with Crippen molar-refractivity contribution in [2.45, 2.75) is 76.2 Å². The number of alkyl halides is 5. The zero-order valence-corrected chi connectivity index (χ0v) is 21.1. The molecule has 1 amide bonds. The third-order valence-corrected chi connectivity index (χ3v) is 7.37. The molecule has 1 N–H and O–H groups in total. The molecular formula is C27H32F5N3O2.